The number of hydrogen-bond donors (Lipinski definition) is 2. The van der Waals surface area contributed by atoms with Crippen molar-refractivity contribution >= 4 is 5.82 Å². The van der Waals surface area contributed by atoms with E-state index >= 15 is 0 Å². The molecule has 0 radical (unpaired) electrons. The van der Waals surface area contributed by atoms with Crippen molar-refractivity contribution in [3.05, 3.63) is 12.0 Å². The molecule has 0 bridgehead atoms. The first-order chi connectivity index (χ1) is 8.62. The van der Waals surface area contributed by atoms with Gasteiger partial charge in [-0.25, -0.2) is 9.97 Å². The van der Waals surface area contributed by atoms with Crippen molar-refractivity contribution in [1.82, 2.24) is 9.97 Å². The number of ether oxygens (including phenoxy) is 1. The number of rotatable bonds is 7. The van der Waals surface area contributed by atoms with Crippen LogP contribution in [0, 0.1) is 12.8 Å². The van der Waals surface area contributed by atoms with Gasteiger partial charge in [0.05, 0.1) is 13.3 Å². The highest BCUT2D eigenvalue weighted by atomic mass is 16.5. The van der Waals surface area contributed by atoms with Gasteiger partial charge in [-0.3, -0.25) is 0 Å². The normalized spacial score (nSPS) is 14.1. The highest BCUT2D eigenvalue weighted by Gasteiger charge is 2.18. The zero-order valence-corrected chi connectivity index (χ0v) is 11.6. The number of aromatic nitrogens is 2. The zero-order valence-electron chi connectivity index (χ0n) is 11.6. The van der Waals surface area contributed by atoms with E-state index in [0.29, 0.717) is 29.7 Å². The van der Waals surface area contributed by atoms with Crippen LogP contribution in [-0.4, -0.2) is 34.8 Å². The van der Waals surface area contributed by atoms with E-state index in [2.05, 4.69) is 29.1 Å². The second-order valence-corrected chi connectivity index (χ2v) is 4.48. The van der Waals surface area contributed by atoms with E-state index in [1.165, 1.54) is 0 Å². The van der Waals surface area contributed by atoms with Gasteiger partial charge in [-0.2, -0.15) is 0 Å². The fourth-order valence-corrected chi connectivity index (χ4v) is 1.81. The summed E-state index contributed by atoms with van der Waals surface area (Å²) in [5.41, 5.74) is 0. The summed E-state index contributed by atoms with van der Waals surface area (Å²) in [4.78, 5) is 8.46. The van der Waals surface area contributed by atoms with E-state index in [-0.39, 0.29) is 12.6 Å². The third kappa shape index (κ3) is 3.84. The first kappa shape index (κ1) is 14.7. The average molecular weight is 253 g/mol. The second kappa shape index (κ2) is 7.16. The molecule has 1 aromatic rings. The van der Waals surface area contributed by atoms with E-state index in [4.69, 9.17) is 9.84 Å². The van der Waals surface area contributed by atoms with Gasteiger partial charge < -0.3 is 15.2 Å². The minimum absolute atomic E-state index is 0.161. The second-order valence-electron chi connectivity index (χ2n) is 4.48. The first-order valence-corrected chi connectivity index (χ1v) is 6.37. The lowest BCUT2D eigenvalue weighted by Crippen LogP contribution is -2.29. The molecule has 2 atom stereocenters. The maximum Gasteiger partial charge on any atom is 0.179 e. The third-order valence-corrected chi connectivity index (χ3v) is 3.19. The predicted octanol–water partition coefficient (Wildman–Crippen LogP) is 2.00. The van der Waals surface area contributed by atoms with Crippen molar-refractivity contribution < 1.29 is 9.84 Å². The van der Waals surface area contributed by atoms with Gasteiger partial charge in [-0.1, -0.05) is 20.3 Å². The molecule has 0 amide bonds. The summed E-state index contributed by atoms with van der Waals surface area (Å²) < 4.78 is 5.24. The van der Waals surface area contributed by atoms with E-state index < -0.39 is 0 Å². The number of nitrogens with zero attached hydrogens (tertiary/aromatic N) is 2. The van der Waals surface area contributed by atoms with Crippen molar-refractivity contribution in [2.24, 2.45) is 5.92 Å². The van der Waals surface area contributed by atoms with E-state index in [1.54, 1.807) is 13.3 Å². The Balaban J connectivity index is 2.88. The van der Waals surface area contributed by atoms with Crippen LogP contribution >= 0.6 is 0 Å². The molecule has 0 aromatic carbocycles. The molecule has 1 unspecified atom stereocenters. The van der Waals surface area contributed by atoms with Crippen molar-refractivity contribution in [2.45, 2.75) is 39.7 Å². The van der Waals surface area contributed by atoms with Gasteiger partial charge in [-0.05, 0) is 19.3 Å². The number of aliphatic hydroxyl groups is 1. The SMILES string of the molecule is CCC(C)[C@H](CCO)Nc1nc(C)ncc1OC. The predicted molar refractivity (Wildman–Crippen MR) is 71.9 cm³/mol. The van der Waals surface area contributed by atoms with Crippen LogP contribution in [0.1, 0.15) is 32.5 Å². The minimum atomic E-state index is 0.161. The summed E-state index contributed by atoms with van der Waals surface area (Å²) >= 11 is 0. The molecule has 0 aliphatic rings. The Morgan fingerprint density at radius 3 is 2.78 bits per heavy atom. The summed E-state index contributed by atoms with van der Waals surface area (Å²) in [5.74, 6) is 2.48. The van der Waals surface area contributed by atoms with Gasteiger partial charge in [0.2, 0.25) is 0 Å². The Morgan fingerprint density at radius 2 is 2.22 bits per heavy atom. The average Bonchev–Trinajstić information content (AvgIpc) is 2.37. The standard InChI is InChI=1S/C13H23N3O2/c1-5-9(2)11(6-7-17)16-13-12(18-4)8-14-10(3)15-13/h8-9,11,17H,5-7H2,1-4H3,(H,14,15,16)/t9?,11-/m0/s1. The summed E-state index contributed by atoms with van der Waals surface area (Å²) in [6, 6.07) is 0.184. The smallest absolute Gasteiger partial charge is 0.179 e. The quantitative estimate of drug-likeness (QED) is 0.778. The van der Waals surface area contributed by atoms with Gasteiger partial charge in [0.15, 0.2) is 11.6 Å². The lowest BCUT2D eigenvalue weighted by molar-refractivity contribution is 0.262. The molecule has 1 rings (SSSR count). The minimum Gasteiger partial charge on any atom is -0.491 e. The maximum atomic E-state index is 9.14. The topological polar surface area (TPSA) is 67.3 Å². The number of hydrogen-bond acceptors (Lipinski definition) is 5. The fourth-order valence-electron chi connectivity index (χ4n) is 1.81. The Kier molecular flexibility index (Phi) is 5.85. The molecule has 1 aromatic heterocycles. The summed E-state index contributed by atoms with van der Waals surface area (Å²) in [5, 5.41) is 12.5. The van der Waals surface area contributed by atoms with Gasteiger partial charge in [0.25, 0.3) is 0 Å². The molecular weight excluding hydrogens is 230 g/mol. The Labute approximate surface area is 109 Å². The van der Waals surface area contributed by atoms with Crippen LogP contribution in [0.4, 0.5) is 5.82 Å². The van der Waals surface area contributed by atoms with E-state index in [0.717, 1.165) is 6.42 Å². The van der Waals surface area contributed by atoms with Crippen LogP contribution in [0.25, 0.3) is 0 Å². The fraction of sp³-hybridized carbons (Fsp3) is 0.692. The maximum absolute atomic E-state index is 9.14. The highest BCUT2D eigenvalue weighted by molar-refractivity contribution is 5.49. The number of aliphatic hydroxyl groups excluding tert-OH is 1. The molecule has 0 aliphatic carbocycles. The molecule has 0 fully saturated rings. The summed E-state index contributed by atoms with van der Waals surface area (Å²) in [6.45, 7) is 6.30. The number of nitrogens with one attached hydrogen (secondary N) is 1. The van der Waals surface area contributed by atoms with Crippen molar-refractivity contribution in [1.29, 1.82) is 0 Å². The number of aryl methyl sites for hydroxylation is 1. The molecular formula is C13H23N3O2. The molecule has 0 saturated carbocycles. The molecule has 18 heavy (non-hydrogen) atoms. The van der Waals surface area contributed by atoms with Crippen molar-refractivity contribution in [3.63, 3.8) is 0 Å². The molecule has 0 saturated heterocycles. The molecule has 5 heteroatoms. The van der Waals surface area contributed by atoms with Gasteiger partial charge in [0, 0.05) is 12.6 Å². The first-order valence-electron chi connectivity index (χ1n) is 6.37. The third-order valence-electron chi connectivity index (χ3n) is 3.19. The van der Waals surface area contributed by atoms with Crippen LogP contribution in [0.3, 0.4) is 0 Å². The van der Waals surface area contributed by atoms with Crippen LogP contribution < -0.4 is 10.1 Å². The number of anilines is 1. The largest absolute Gasteiger partial charge is 0.491 e. The molecule has 2 N–H and O–H groups in total. The summed E-state index contributed by atoms with van der Waals surface area (Å²) in [6.07, 6.45) is 3.41. The van der Waals surface area contributed by atoms with Gasteiger partial charge in [-0.15, -0.1) is 0 Å². The Morgan fingerprint density at radius 1 is 1.50 bits per heavy atom. The zero-order chi connectivity index (χ0) is 13.5. The van der Waals surface area contributed by atoms with E-state index in [9.17, 15) is 0 Å². The van der Waals surface area contributed by atoms with Crippen molar-refractivity contribution in [2.75, 3.05) is 19.0 Å². The Hall–Kier alpha value is -1.36. The molecule has 5 nitrogen and oxygen atoms in total. The monoisotopic (exact) mass is 253 g/mol. The van der Waals surface area contributed by atoms with Crippen LogP contribution in [0.15, 0.2) is 6.20 Å². The highest BCUT2D eigenvalue weighted by Crippen LogP contribution is 2.24. The van der Waals surface area contributed by atoms with Crippen LogP contribution in [0.2, 0.25) is 0 Å². The lowest BCUT2D eigenvalue weighted by Gasteiger charge is -2.25. The molecule has 1 heterocycles. The van der Waals surface area contributed by atoms with Crippen molar-refractivity contribution in [3.8, 4) is 5.75 Å². The van der Waals surface area contributed by atoms with E-state index in [1.807, 2.05) is 6.92 Å². The van der Waals surface area contributed by atoms with Crippen LogP contribution in [0.5, 0.6) is 5.75 Å². The summed E-state index contributed by atoms with van der Waals surface area (Å²) in [7, 11) is 1.60. The lowest BCUT2D eigenvalue weighted by atomic mass is 9.96. The van der Waals surface area contributed by atoms with Gasteiger partial charge in [0.1, 0.15) is 5.82 Å². The van der Waals surface area contributed by atoms with Crippen LogP contribution in [-0.2, 0) is 0 Å². The molecule has 0 aliphatic heterocycles. The Bertz CT molecular complexity index is 371. The number of methoxy groups -OCH3 is 1. The molecule has 0 spiro atoms. The van der Waals surface area contributed by atoms with Gasteiger partial charge >= 0.3 is 0 Å². The molecule has 102 valence electrons.